The fourth-order valence-electron chi connectivity index (χ4n) is 1.42. The summed E-state index contributed by atoms with van der Waals surface area (Å²) in [5, 5.41) is 0. The largest absolute Gasteiger partial charge is 0.442 e. The number of halogens is 5. The standard InChI is InChI=1S/C13H14F5NO5/c1-13(2,3)24-12(21)19-22-4-5(20)23-11-9(17)7(15)6(14)8(16)10(11)18/h7,9H,4H2,1-3H3,(H,19,21). The van der Waals surface area contributed by atoms with E-state index in [1.807, 2.05) is 0 Å². The molecule has 1 aliphatic rings. The summed E-state index contributed by atoms with van der Waals surface area (Å²) in [5.41, 5.74) is 0.820. The van der Waals surface area contributed by atoms with Gasteiger partial charge < -0.3 is 9.47 Å². The molecule has 0 heterocycles. The van der Waals surface area contributed by atoms with Crippen LogP contribution < -0.4 is 5.48 Å². The van der Waals surface area contributed by atoms with Gasteiger partial charge in [0.05, 0.1) is 0 Å². The highest BCUT2D eigenvalue weighted by Gasteiger charge is 2.42. The highest BCUT2D eigenvalue weighted by atomic mass is 19.2. The molecule has 0 aromatic heterocycles. The van der Waals surface area contributed by atoms with Gasteiger partial charge >= 0.3 is 12.1 Å². The van der Waals surface area contributed by atoms with Gasteiger partial charge in [-0.2, -0.15) is 9.87 Å². The Morgan fingerprint density at radius 3 is 2.21 bits per heavy atom. The monoisotopic (exact) mass is 359 g/mol. The molecule has 0 fully saturated rings. The maximum Gasteiger partial charge on any atom is 0.431 e. The molecule has 1 aliphatic carbocycles. The minimum atomic E-state index is -3.15. The van der Waals surface area contributed by atoms with Crippen molar-refractivity contribution in [2.75, 3.05) is 6.61 Å². The summed E-state index contributed by atoms with van der Waals surface area (Å²) in [7, 11) is 0. The zero-order valence-corrected chi connectivity index (χ0v) is 12.8. The lowest BCUT2D eigenvalue weighted by atomic mass is 10.1. The molecule has 24 heavy (non-hydrogen) atoms. The van der Waals surface area contributed by atoms with Gasteiger partial charge in [-0.1, -0.05) is 0 Å². The fourth-order valence-corrected chi connectivity index (χ4v) is 1.42. The summed E-state index contributed by atoms with van der Waals surface area (Å²) in [6, 6.07) is 0. The van der Waals surface area contributed by atoms with Crippen LogP contribution in [0.25, 0.3) is 0 Å². The first-order chi connectivity index (χ1) is 10.9. The number of ether oxygens (including phenoxy) is 2. The minimum Gasteiger partial charge on any atom is -0.442 e. The molecule has 0 saturated heterocycles. The first-order valence-electron chi connectivity index (χ1n) is 6.49. The van der Waals surface area contributed by atoms with Crippen LogP contribution in [0.4, 0.5) is 26.7 Å². The summed E-state index contributed by atoms with van der Waals surface area (Å²) in [5.74, 6) is -9.91. The van der Waals surface area contributed by atoms with Crippen LogP contribution in [0.15, 0.2) is 23.2 Å². The third-order valence-corrected chi connectivity index (χ3v) is 2.34. The van der Waals surface area contributed by atoms with Gasteiger partial charge in [-0.15, -0.1) is 0 Å². The van der Waals surface area contributed by atoms with Crippen LogP contribution in [0, 0.1) is 0 Å². The molecule has 0 saturated carbocycles. The van der Waals surface area contributed by atoms with Gasteiger partial charge in [0.2, 0.25) is 5.83 Å². The number of esters is 1. The molecule has 0 radical (unpaired) electrons. The number of nitrogens with one attached hydrogen (secondary N) is 1. The van der Waals surface area contributed by atoms with Crippen molar-refractivity contribution in [3.8, 4) is 0 Å². The number of hydroxylamine groups is 1. The van der Waals surface area contributed by atoms with Gasteiger partial charge in [0.15, 0.2) is 36.4 Å². The van der Waals surface area contributed by atoms with Crippen LogP contribution in [-0.4, -0.2) is 36.6 Å². The normalized spacial score (nSPS) is 21.7. The number of alkyl halides is 2. The van der Waals surface area contributed by atoms with Gasteiger partial charge in [-0.3, -0.25) is 4.84 Å². The second kappa shape index (κ2) is 7.60. The van der Waals surface area contributed by atoms with Gasteiger partial charge in [-0.05, 0) is 20.8 Å². The van der Waals surface area contributed by atoms with Crippen LogP contribution in [-0.2, 0) is 19.1 Å². The number of rotatable bonds is 4. The zero-order chi connectivity index (χ0) is 18.7. The smallest absolute Gasteiger partial charge is 0.431 e. The highest BCUT2D eigenvalue weighted by Crippen LogP contribution is 2.37. The van der Waals surface area contributed by atoms with E-state index >= 15 is 0 Å². The molecule has 1 N–H and O–H groups in total. The molecule has 136 valence electrons. The third-order valence-electron chi connectivity index (χ3n) is 2.34. The summed E-state index contributed by atoms with van der Waals surface area (Å²) < 4.78 is 74.4. The molecule has 0 aliphatic heterocycles. The van der Waals surface area contributed by atoms with Crippen LogP contribution in [0.2, 0.25) is 0 Å². The molecular weight excluding hydrogens is 345 g/mol. The number of carbonyl (C=O) groups excluding carboxylic acids is 2. The van der Waals surface area contributed by atoms with Crippen molar-refractivity contribution in [3.05, 3.63) is 23.2 Å². The Labute approximate surface area is 133 Å². The Balaban J connectivity index is 2.58. The van der Waals surface area contributed by atoms with E-state index in [4.69, 9.17) is 4.74 Å². The van der Waals surface area contributed by atoms with Crippen molar-refractivity contribution in [2.45, 2.75) is 38.7 Å². The van der Waals surface area contributed by atoms with Crippen molar-refractivity contribution < 1.29 is 45.9 Å². The van der Waals surface area contributed by atoms with E-state index in [2.05, 4.69) is 9.57 Å². The number of amides is 1. The lowest BCUT2D eigenvalue weighted by Crippen LogP contribution is -2.34. The Kier molecular flexibility index (Phi) is 6.29. The first kappa shape index (κ1) is 19.9. The van der Waals surface area contributed by atoms with Gasteiger partial charge in [0.25, 0.3) is 0 Å². The average molecular weight is 359 g/mol. The van der Waals surface area contributed by atoms with E-state index < -0.39 is 59.9 Å². The molecule has 6 nitrogen and oxygen atoms in total. The van der Waals surface area contributed by atoms with Crippen molar-refractivity contribution in [1.82, 2.24) is 5.48 Å². The minimum absolute atomic E-state index is 0.852. The number of hydrogen-bond donors (Lipinski definition) is 1. The lowest BCUT2D eigenvalue weighted by molar-refractivity contribution is -0.149. The van der Waals surface area contributed by atoms with Crippen LogP contribution in [0.5, 0.6) is 0 Å². The lowest BCUT2D eigenvalue weighted by Gasteiger charge is -2.21. The topological polar surface area (TPSA) is 73.9 Å². The van der Waals surface area contributed by atoms with Gasteiger partial charge in [-0.25, -0.2) is 27.2 Å². The number of allylic oxidation sites excluding steroid dienone is 4. The maximum atomic E-state index is 13.4. The Hall–Kier alpha value is -2.17. The Bertz CT molecular complexity index is 584. The summed E-state index contributed by atoms with van der Waals surface area (Å²) in [4.78, 5) is 26.8. The molecule has 0 aromatic carbocycles. The zero-order valence-electron chi connectivity index (χ0n) is 12.8. The van der Waals surface area contributed by atoms with Crippen molar-refractivity contribution in [2.24, 2.45) is 0 Å². The third kappa shape index (κ3) is 5.18. The molecule has 0 bridgehead atoms. The second-order valence-electron chi connectivity index (χ2n) is 5.51. The first-order valence-corrected chi connectivity index (χ1v) is 6.49. The highest BCUT2D eigenvalue weighted by molar-refractivity contribution is 5.73. The van der Waals surface area contributed by atoms with Crippen molar-refractivity contribution in [1.29, 1.82) is 0 Å². The summed E-state index contributed by atoms with van der Waals surface area (Å²) in [6.45, 7) is 3.59. The average Bonchev–Trinajstić information content (AvgIpc) is 2.45. The van der Waals surface area contributed by atoms with E-state index in [1.165, 1.54) is 0 Å². The number of hydrogen-bond acceptors (Lipinski definition) is 5. The second-order valence-corrected chi connectivity index (χ2v) is 5.51. The molecule has 0 aromatic rings. The van der Waals surface area contributed by atoms with E-state index in [-0.39, 0.29) is 0 Å². The maximum absolute atomic E-state index is 13.4. The molecular formula is C13H14F5NO5. The van der Waals surface area contributed by atoms with Crippen LogP contribution in [0.3, 0.4) is 0 Å². The van der Waals surface area contributed by atoms with E-state index in [9.17, 15) is 31.5 Å². The SMILES string of the molecule is CC(C)(C)OC(=O)NOCC(=O)OC1=C(F)C(F)=C(F)C(F)C1F. The molecule has 2 unspecified atom stereocenters. The van der Waals surface area contributed by atoms with Crippen molar-refractivity contribution in [3.63, 3.8) is 0 Å². The van der Waals surface area contributed by atoms with E-state index in [1.54, 1.807) is 26.3 Å². The van der Waals surface area contributed by atoms with Crippen LogP contribution in [0.1, 0.15) is 20.8 Å². The predicted molar refractivity (Wildman–Crippen MR) is 68.6 cm³/mol. The van der Waals surface area contributed by atoms with Gasteiger partial charge in [0, 0.05) is 0 Å². The fraction of sp³-hybridized carbons (Fsp3) is 0.538. The van der Waals surface area contributed by atoms with Crippen molar-refractivity contribution >= 4 is 12.1 Å². The predicted octanol–water partition coefficient (Wildman–Crippen LogP) is 3.01. The molecule has 0 spiro atoms. The van der Waals surface area contributed by atoms with E-state index in [0.717, 1.165) is 0 Å². The Morgan fingerprint density at radius 1 is 1.08 bits per heavy atom. The van der Waals surface area contributed by atoms with E-state index in [0.29, 0.717) is 0 Å². The Morgan fingerprint density at radius 2 is 1.67 bits per heavy atom. The summed E-state index contributed by atoms with van der Waals surface area (Å²) in [6.07, 6.45) is -7.26. The number of carbonyl (C=O) groups is 2. The molecule has 1 rings (SSSR count). The molecule has 11 heteroatoms. The van der Waals surface area contributed by atoms with Crippen LogP contribution >= 0.6 is 0 Å². The molecule has 1 amide bonds. The molecule has 2 atom stereocenters. The van der Waals surface area contributed by atoms with Gasteiger partial charge in [0.1, 0.15) is 5.60 Å². The quantitative estimate of drug-likeness (QED) is 0.475. The summed E-state index contributed by atoms with van der Waals surface area (Å²) >= 11 is 0.